The Hall–Kier alpha value is -2.44. The molecule has 5 heteroatoms. The van der Waals surface area contributed by atoms with Crippen LogP contribution in [0.5, 0.6) is 5.75 Å². The Kier molecular flexibility index (Phi) is 3.78. The van der Waals surface area contributed by atoms with Gasteiger partial charge in [0, 0.05) is 10.5 Å². The average molecular weight is 201 g/mol. The van der Waals surface area contributed by atoms with Crippen LogP contribution >= 0.6 is 0 Å². The summed E-state index contributed by atoms with van der Waals surface area (Å²) in [5, 5.41) is 12.6. The van der Waals surface area contributed by atoms with Crippen LogP contribution in [0.2, 0.25) is 0 Å². The van der Waals surface area contributed by atoms with Crippen molar-refractivity contribution in [2.75, 3.05) is 6.54 Å². The number of carbonyl (C=O) groups is 1. The molecule has 1 aromatic rings. The Balaban J connectivity index is 2.95. The van der Waals surface area contributed by atoms with Gasteiger partial charge in [0.05, 0.1) is 12.1 Å². The number of aromatic hydroxyl groups is 1. The fourth-order valence-electron chi connectivity index (χ4n) is 0.929. The van der Waals surface area contributed by atoms with Crippen LogP contribution in [0.1, 0.15) is 15.9 Å². The van der Waals surface area contributed by atoms with Crippen molar-refractivity contribution < 1.29 is 9.90 Å². The predicted molar refractivity (Wildman–Crippen MR) is 54.4 cm³/mol. The number of rotatable bonds is 2. The summed E-state index contributed by atoms with van der Waals surface area (Å²) in [6.07, 6.45) is 0.665. The van der Waals surface area contributed by atoms with E-state index in [0.29, 0.717) is 17.4 Å². The number of phenols is 1. The van der Waals surface area contributed by atoms with Gasteiger partial charge in [-0.3, -0.25) is 4.79 Å². The minimum atomic E-state index is -0.00552. The second-order valence-corrected chi connectivity index (χ2v) is 2.59. The first-order valence-electron chi connectivity index (χ1n) is 4.06. The Morgan fingerprint density at radius 1 is 1.60 bits per heavy atom. The maximum absolute atomic E-state index is 10.4. The first-order valence-corrected chi connectivity index (χ1v) is 4.06. The number of aldehydes is 1. The molecule has 0 spiro atoms. The van der Waals surface area contributed by atoms with Crippen LogP contribution in [0.4, 0.5) is 0 Å². The van der Waals surface area contributed by atoms with Gasteiger partial charge >= 0.3 is 0 Å². The Bertz CT molecular complexity index is 479. The van der Waals surface area contributed by atoms with Gasteiger partial charge in [0.1, 0.15) is 12.0 Å². The second kappa shape index (κ2) is 5.32. The SMILES string of the molecule is [N-]=[N+]=NCC#Cc1cc(C=O)ccc1O. The fourth-order valence-corrected chi connectivity index (χ4v) is 0.929. The summed E-state index contributed by atoms with van der Waals surface area (Å²) in [6, 6.07) is 4.34. The molecule has 0 aliphatic rings. The molecule has 0 saturated heterocycles. The van der Waals surface area contributed by atoms with Gasteiger partial charge < -0.3 is 5.11 Å². The van der Waals surface area contributed by atoms with Gasteiger partial charge in [-0.1, -0.05) is 17.0 Å². The van der Waals surface area contributed by atoms with Gasteiger partial charge in [0.2, 0.25) is 0 Å². The number of hydrogen-bond donors (Lipinski definition) is 1. The molecule has 15 heavy (non-hydrogen) atoms. The van der Waals surface area contributed by atoms with Crippen molar-refractivity contribution in [3.8, 4) is 17.6 Å². The molecule has 1 rings (SSSR count). The molecular formula is C10H7N3O2. The largest absolute Gasteiger partial charge is 0.507 e. The first-order chi connectivity index (χ1) is 7.27. The molecule has 1 N–H and O–H groups in total. The standard InChI is InChI=1S/C10H7N3O2/c11-13-12-5-1-2-9-6-8(7-14)3-4-10(9)15/h3-4,6-7,15H,5H2. The van der Waals surface area contributed by atoms with Crippen LogP contribution in [0.25, 0.3) is 10.4 Å². The number of nitrogens with zero attached hydrogens (tertiary/aromatic N) is 3. The van der Waals surface area contributed by atoms with Crippen LogP contribution in [0.3, 0.4) is 0 Å². The Morgan fingerprint density at radius 2 is 2.40 bits per heavy atom. The lowest BCUT2D eigenvalue weighted by Gasteiger charge is -1.96. The van der Waals surface area contributed by atoms with Crippen molar-refractivity contribution in [1.82, 2.24) is 0 Å². The van der Waals surface area contributed by atoms with Gasteiger partial charge in [0.15, 0.2) is 0 Å². The van der Waals surface area contributed by atoms with Gasteiger partial charge in [-0.15, -0.1) is 0 Å². The number of benzene rings is 1. The van der Waals surface area contributed by atoms with Crippen molar-refractivity contribution in [2.45, 2.75) is 0 Å². The smallest absolute Gasteiger partial charge is 0.150 e. The molecule has 0 radical (unpaired) electrons. The maximum atomic E-state index is 10.4. The molecule has 74 valence electrons. The summed E-state index contributed by atoms with van der Waals surface area (Å²) in [7, 11) is 0. The molecule has 1 aromatic carbocycles. The van der Waals surface area contributed by atoms with Crippen LogP contribution in [0, 0.1) is 11.8 Å². The highest BCUT2D eigenvalue weighted by Gasteiger charge is 1.98. The molecule has 0 heterocycles. The van der Waals surface area contributed by atoms with E-state index < -0.39 is 0 Å². The zero-order valence-corrected chi connectivity index (χ0v) is 7.71. The van der Waals surface area contributed by atoms with Gasteiger partial charge in [0.25, 0.3) is 0 Å². The molecule has 0 aliphatic carbocycles. The molecule has 0 atom stereocenters. The monoisotopic (exact) mass is 201 g/mol. The van der Waals surface area contributed by atoms with Crippen molar-refractivity contribution in [2.24, 2.45) is 5.11 Å². The van der Waals surface area contributed by atoms with E-state index in [4.69, 9.17) is 5.53 Å². The number of azide groups is 1. The van der Waals surface area contributed by atoms with Crippen molar-refractivity contribution in [3.63, 3.8) is 0 Å². The summed E-state index contributed by atoms with van der Waals surface area (Å²) in [6.45, 7) is 0.0290. The lowest BCUT2D eigenvalue weighted by molar-refractivity contribution is 0.112. The molecule has 0 saturated carbocycles. The zero-order valence-electron chi connectivity index (χ0n) is 7.71. The third-order valence-corrected chi connectivity index (χ3v) is 1.59. The molecule has 0 aromatic heterocycles. The summed E-state index contributed by atoms with van der Waals surface area (Å²) < 4.78 is 0. The molecule has 0 unspecified atom stereocenters. The van der Waals surface area contributed by atoms with Crippen molar-refractivity contribution in [3.05, 3.63) is 39.8 Å². The van der Waals surface area contributed by atoms with Crippen molar-refractivity contribution >= 4 is 6.29 Å². The highest BCUT2D eigenvalue weighted by atomic mass is 16.3. The molecule has 0 bridgehead atoms. The highest BCUT2D eigenvalue weighted by Crippen LogP contribution is 2.16. The van der Waals surface area contributed by atoms with E-state index in [1.165, 1.54) is 18.2 Å². The van der Waals surface area contributed by atoms with E-state index in [-0.39, 0.29) is 12.3 Å². The highest BCUT2D eigenvalue weighted by molar-refractivity contribution is 5.76. The fraction of sp³-hybridized carbons (Fsp3) is 0.100. The van der Waals surface area contributed by atoms with E-state index in [2.05, 4.69) is 21.9 Å². The van der Waals surface area contributed by atoms with E-state index in [1.54, 1.807) is 0 Å². The minimum absolute atomic E-state index is 0.00552. The van der Waals surface area contributed by atoms with E-state index in [9.17, 15) is 9.90 Å². The van der Waals surface area contributed by atoms with Crippen LogP contribution in [-0.2, 0) is 0 Å². The van der Waals surface area contributed by atoms with Gasteiger partial charge in [-0.25, -0.2) is 0 Å². The van der Waals surface area contributed by atoms with Gasteiger partial charge in [-0.2, -0.15) is 0 Å². The van der Waals surface area contributed by atoms with E-state index in [0.717, 1.165) is 0 Å². The average Bonchev–Trinajstić information content (AvgIpc) is 2.26. The predicted octanol–water partition coefficient (Wildman–Crippen LogP) is 1.87. The maximum Gasteiger partial charge on any atom is 0.150 e. The lowest BCUT2D eigenvalue weighted by Crippen LogP contribution is -1.83. The third kappa shape index (κ3) is 3.07. The normalized spacial score (nSPS) is 8.27. The van der Waals surface area contributed by atoms with Crippen LogP contribution in [-0.4, -0.2) is 17.9 Å². The number of carbonyl (C=O) groups excluding carboxylic acids is 1. The quantitative estimate of drug-likeness (QED) is 0.260. The molecular weight excluding hydrogens is 194 g/mol. The second-order valence-electron chi connectivity index (χ2n) is 2.59. The lowest BCUT2D eigenvalue weighted by atomic mass is 10.1. The summed E-state index contributed by atoms with van der Waals surface area (Å²) in [5.41, 5.74) is 8.77. The molecule has 0 amide bonds. The molecule has 5 nitrogen and oxygen atoms in total. The summed E-state index contributed by atoms with van der Waals surface area (Å²) in [5.74, 6) is 5.14. The summed E-state index contributed by atoms with van der Waals surface area (Å²) in [4.78, 5) is 13.0. The third-order valence-electron chi connectivity index (χ3n) is 1.59. The zero-order chi connectivity index (χ0) is 11.1. The topological polar surface area (TPSA) is 86.1 Å². The number of hydrogen-bond acceptors (Lipinski definition) is 3. The van der Waals surface area contributed by atoms with E-state index >= 15 is 0 Å². The summed E-state index contributed by atoms with van der Waals surface area (Å²) >= 11 is 0. The van der Waals surface area contributed by atoms with Gasteiger partial charge in [-0.05, 0) is 23.7 Å². The first kappa shape index (κ1) is 10.6. The van der Waals surface area contributed by atoms with Crippen molar-refractivity contribution in [1.29, 1.82) is 0 Å². The number of phenolic OH excluding ortho intramolecular Hbond substituents is 1. The van der Waals surface area contributed by atoms with Crippen LogP contribution in [0.15, 0.2) is 23.3 Å². The molecule has 0 aliphatic heterocycles. The van der Waals surface area contributed by atoms with Crippen LogP contribution < -0.4 is 0 Å². The molecule has 0 fully saturated rings. The van der Waals surface area contributed by atoms with E-state index in [1.807, 2.05) is 0 Å². The Morgan fingerprint density at radius 3 is 3.07 bits per heavy atom. The Labute approximate surface area is 86.0 Å². The minimum Gasteiger partial charge on any atom is -0.507 e.